The molecule has 0 saturated heterocycles. The normalized spacial score (nSPS) is 15.4. The van der Waals surface area contributed by atoms with E-state index in [0.717, 1.165) is 17.9 Å². The molecule has 1 atom stereocenters. The molecule has 0 unspecified atom stereocenters. The van der Waals surface area contributed by atoms with E-state index in [4.69, 9.17) is 19.9 Å². The predicted molar refractivity (Wildman–Crippen MR) is 77.6 cm³/mol. The Morgan fingerprint density at radius 2 is 1.74 bits per heavy atom. The van der Waals surface area contributed by atoms with Crippen LogP contribution in [0.5, 0.6) is 17.2 Å². The Hall–Kier alpha value is -1.13. The van der Waals surface area contributed by atoms with Crippen molar-refractivity contribution in [2.75, 3.05) is 21.3 Å². The van der Waals surface area contributed by atoms with Crippen molar-refractivity contribution in [3.05, 3.63) is 17.7 Å². The van der Waals surface area contributed by atoms with Crippen molar-refractivity contribution < 1.29 is 14.2 Å². The molecule has 2 rings (SSSR count). The lowest BCUT2D eigenvalue weighted by molar-refractivity contribution is 0.320. The fourth-order valence-corrected chi connectivity index (χ4v) is 2.26. The molecule has 4 nitrogen and oxygen atoms in total. The van der Waals surface area contributed by atoms with Crippen LogP contribution in [-0.2, 0) is 0 Å². The van der Waals surface area contributed by atoms with Crippen LogP contribution in [-0.4, -0.2) is 21.3 Å². The fourth-order valence-electron chi connectivity index (χ4n) is 2.26. The Kier molecular flexibility index (Phi) is 5.76. The topological polar surface area (TPSA) is 53.7 Å². The smallest absolute Gasteiger partial charge is 0.203 e. The standard InChI is InChI=1S/C14H21NO3.ClH/c1-16-12-7-6-10(11(15)8-9-4-5-9)13(17-2)14(12)18-3;/h6-7,9,11H,4-5,8,15H2,1-3H3;1H/t11-;/m1./s1. The summed E-state index contributed by atoms with van der Waals surface area (Å²) in [6.07, 6.45) is 3.60. The third-order valence-electron chi connectivity index (χ3n) is 3.42. The molecule has 1 aliphatic rings. The molecule has 1 aliphatic carbocycles. The van der Waals surface area contributed by atoms with Gasteiger partial charge in [0.2, 0.25) is 5.75 Å². The first kappa shape index (κ1) is 15.9. The molecular weight excluding hydrogens is 266 g/mol. The lowest BCUT2D eigenvalue weighted by Crippen LogP contribution is -2.13. The fraction of sp³-hybridized carbons (Fsp3) is 0.571. The average Bonchev–Trinajstić information content (AvgIpc) is 3.20. The van der Waals surface area contributed by atoms with Gasteiger partial charge in [-0.1, -0.05) is 12.8 Å². The summed E-state index contributed by atoms with van der Waals surface area (Å²) < 4.78 is 16.1. The lowest BCUT2D eigenvalue weighted by atomic mass is 10.0. The number of ether oxygens (including phenoxy) is 3. The maximum absolute atomic E-state index is 6.25. The van der Waals surface area contributed by atoms with Gasteiger partial charge < -0.3 is 19.9 Å². The third kappa shape index (κ3) is 3.45. The minimum absolute atomic E-state index is 0. The predicted octanol–water partition coefficient (Wildman–Crippen LogP) is 2.93. The number of halogens is 1. The molecule has 0 aromatic heterocycles. The van der Waals surface area contributed by atoms with Gasteiger partial charge in [0.25, 0.3) is 0 Å². The van der Waals surface area contributed by atoms with Gasteiger partial charge in [0.05, 0.1) is 21.3 Å². The van der Waals surface area contributed by atoms with E-state index in [1.54, 1.807) is 21.3 Å². The van der Waals surface area contributed by atoms with E-state index < -0.39 is 0 Å². The third-order valence-corrected chi connectivity index (χ3v) is 3.42. The number of rotatable bonds is 6. The van der Waals surface area contributed by atoms with E-state index in [-0.39, 0.29) is 18.4 Å². The van der Waals surface area contributed by atoms with Gasteiger partial charge in [0.1, 0.15) is 0 Å². The van der Waals surface area contributed by atoms with E-state index >= 15 is 0 Å². The highest BCUT2D eigenvalue weighted by atomic mass is 35.5. The van der Waals surface area contributed by atoms with Crippen LogP contribution in [0.3, 0.4) is 0 Å². The summed E-state index contributed by atoms with van der Waals surface area (Å²) in [5, 5.41) is 0. The number of hydrogen-bond donors (Lipinski definition) is 1. The highest BCUT2D eigenvalue weighted by molar-refractivity contribution is 5.85. The lowest BCUT2D eigenvalue weighted by Gasteiger charge is -2.19. The van der Waals surface area contributed by atoms with E-state index in [2.05, 4.69) is 0 Å². The zero-order valence-corrected chi connectivity index (χ0v) is 12.5. The van der Waals surface area contributed by atoms with Crippen molar-refractivity contribution in [1.29, 1.82) is 0 Å². The second-order valence-corrected chi connectivity index (χ2v) is 4.71. The molecule has 19 heavy (non-hydrogen) atoms. The second-order valence-electron chi connectivity index (χ2n) is 4.71. The van der Waals surface area contributed by atoms with Crippen molar-refractivity contribution in [2.45, 2.75) is 25.3 Å². The molecule has 0 amide bonds. The molecule has 0 radical (unpaired) electrons. The molecule has 0 spiro atoms. The van der Waals surface area contributed by atoms with Crippen molar-refractivity contribution in [1.82, 2.24) is 0 Å². The Morgan fingerprint density at radius 1 is 1.11 bits per heavy atom. The van der Waals surface area contributed by atoms with Gasteiger partial charge in [-0.25, -0.2) is 0 Å². The van der Waals surface area contributed by atoms with Gasteiger partial charge >= 0.3 is 0 Å². The van der Waals surface area contributed by atoms with E-state index in [9.17, 15) is 0 Å². The first-order chi connectivity index (χ1) is 8.71. The number of hydrogen-bond acceptors (Lipinski definition) is 4. The van der Waals surface area contributed by atoms with Crippen LogP contribution in [0.25, 0.3) is 0 Å². The van der Waals surface area contributed by atoms with Gasteiger partial charge in [-0.2, -0.15) is 0 Å². The summed E-state index contributed by atoms with van der Waals surface area (Å²) in [5.74, 6) is 2.74. The molecule has 1 aromatic rings. The average molecular weight is 288 g/mol. The van der Waals surface area contributed by atoms with E-state index in [1.165, 1.54) is 12.8 Å². The Labute approximate surface area is 120 Å². The highest BCUT2D eigenvalue weighted by Crippen LogP contribution is 2.44. The van der Waals surface area contributed by atoms with E-state index in [0.29, 0.717) is 17.2 Å². The van der Waals surface area contributed by atoms with Gasteiger partial charge in [-0.05, 0) is 24.5 Å². The number of benzene rings is 1. The molecule has 1 aromatic carbocycles. The monoisotopic (exact) mass is 287 g/mol. The molecular formula is C14H22ClNO3. The Balaban J connectivity index is 0.00000180. The summed E-state index contributed by atoms with van der Waals surface area (Å²) in [6.45, 7) is 0. The van der Waals surface area contributed by atoms with Gasteiger partial charge in [0, 0.05) is 11.6 Å². The summed E-state index contributed by atoms with van der Waals surface area (Å²) in [5.41, 5.74) is 7.24. The molecule has 0 aliphatic heterocycles. The van der Waals surface area contributed by atoms with Gasteiger partial charge in [0.15, 0.2) is 11.5 Å². The Morgan fingerprint density at radius 3 is 2.21 bits per heavy atom. The first-order valence-corrected chi connectivity index (χ1v) is 6.25. The van der Waals surface area contributed by atoms with Crippen LogP contribution in [0.4, 0.5) is 0 Å². The van der Waals surface area contributed by atoms with Crippen molar-refractivity contribution in [2.24, 2.45) is 11.7 Å². The molecule has 2 N–H and O–H groups in total. The van der Waals surface area contributed by atoms with Crippen LogP contribution in [0.1, 0.15) is 30.9 Å². The first-order valence-electron chi connectivity index (χ1n) is 6.25. The minimum atomic E-state index is -0.00717. The molecule has 1 saturated carbocycles. The SMILES string of the molecule is COc1ccc([C@H](N)CC2CC2)c(OC)c1OC.Cl. The quantitative estimate of drug-likeness (QED) is 0.874. The molecule has 108 valence electrons. The summed E-state index contributed by atoms with van der Waals surface area (Å²) in [7, 11) is 4.85. The molecule has 0 bridgehead atoms. The summed E-state index contributed by atoms with van der Waals surface area (Å²) >= 11 is 0. The van der Waals surface area contributed by atoms with Crippen molar-refractivity contribution in [3.8, 4) is 17.2 Å². The maximum atomic E-state index is 6.25. The summed E-state index contributed by atoms with van der Waals surface area (Å²) in [4.78, 5) is 0. The van der Waals surface area contributed by atoms with Crippen LogP contribution < -0.4 is 19.9 Å². The number of nitrogens with two attached hydrogens (primary N) is 1. The maximum Gasteiger partial charge on any atom is 0.203 e. The zero-order valence-electron chi connectivity index (χ0n) is 11.6. The number of methoxy groups -OCH3 is 3. The molecule has 0 heterocycles. The van der Waals surface area contributed by atoms with Crippen LogP contribution in [0.15, 0.2) is 12.1 Å². The zero-order chi connectivity index (χ0) is 13.1. The highest BCUT2D eigenvalue weighted by Gasteiger charge is 2.27. The molecule has 1 fully saturated rings. The van der Waals surface area contributed by atoms with Crippen LogP contribution >= 0.6 is 12.4 Å². The van der Waals surface area contributed by atoms with Gasteiger partial charge in [-0.3, -0.25) is 0 Å². The second kappa shape index (κ2) is 6.87. The Bertz CT molecular complexity index is 421. The van der Waals surface area contributed by atoms with Crippen molar-refractivity contribution >= 4 is 12.4 Å². The van der Waals surface area contributed by atoms with E-state index in [1.807, 2.05) is 12.1 Å². The van der Waals surface area contributed by atoms with Gasteiger partial charge in [-0.15, -0.1) is 12.4 Å². The largest absolute Gasteiger partial charge is 0.493 e. The van der Waals surface area contributed by atoms with Crippen LogP contribution in [0.2, 0.25) is 0 Å². The summed E-state index contributed by atoms with van der Waals surface area (Å²) in [6, 6.07) is 3.84. The minimum Gasteiger partial charge on any atom is -0.493 e. The molecule has 5 heteroatoms. The van der Waals surface area contributed by atoms with Crippen molar-refractivity contribution in [3.63, 3.8) is 0 Å². The van der Waals surface area contributed by atoms with Crippen LogP contribution in [0, 0.1) is 5.92 Å².